The summed E-state index contributed by atoms with van der Waals surface area (Å²) in [6.45, 7) is 0.165. The fourth-order valence-corrected chi connectivity index (χ4v) is 6.18. The first-order valence-corrected chi connectivity index (χ1v) is 13.8. The Kier molecular flexibility index (Phi) is 8.85. The molecule has 0 N–H and O–H groups in total. The minimum Gasteiger partial charge on any atom is -0.465 e. The number of alkyl halides is 1. The Balaban J connectivity index is 1.61. The van der Waals surface area contributed by atoms with Crippen LogP contribution in [0.4, 0.5) is 4.39 Å². The van der Waals surface area contributed by atoms with Gasteiger partial charge in [0, 0.05) is 38.1 Å². The number of methoxy groups -OCH3 is 1. The molecular weight excluding hydrogens is 509 g/mol. The summed E-state index contributed by atoms with van der Waals surface area (Å²) in [5.41, 5.74) is 2.27. The summed E-state index contributed by atoms with van der Waals surface area (Å²) < 4.78 is 47.0. The van der Waals surface area contributed by atoms with Gasteiger partial charge in [-0.05, 0) is 65.9 Å². The number of aromatic nitrogens is 1. The first-order valence-electron chi connectivity index (χ1n) is 12.3. The number of hydrogen-bond acceptors (Lipinski definition) is 6. The van der Waals surface area contributed by atoms with Crippen molar-refractivity contribution < 1.29 is 27.1 Å². The van der Waals surface area contributed by atoms with Crippen molar-refractivity contribution in [2.45, 2.75) is 43.4 Å². The lowest BCUT2D eigenvalue weighted by atomic mass is 10.0. The zero-order chi connectivity index (χ0) is 27.1. The molecule has 200 valence electrons. The topological polar surface area (TPSA) is 96.9 Å². The highest BCUT2D eigenvalue weighted by atomic mass is 32.2. The van der Waals surface area contributed by atoms with Crippen LogP contribution >= 0.6 is 0 Å². The second kappa shape index (κ2) is 12.3. The van der Waals surface area contributed by atoms with Crippen molar-refractivity contribution in [3.05, 3.63) is 95.3 Å². The zero-order valence-electron chi connectivity index (χ0n) is 21.1. The fraction of sp³-hybridized carbons (Fsp3) is 0.321. The van der Waals surface area contributed by atoms with Crippen molar-refractivity contribution in [2.75, 3.05) is 20.2 Å². The number of carbonyl (C=O) groups is 2. The van der Waals surface area contributed by atoms with Gasteiger partial charge in [0.05, 0.1) is 24.0 Å². The van der Waals surface area contributed by atoms with Crippen LogP contribution in [0.15, 0.2) is 78.0 Å². The molecule has 38 heavy (non-hydrogen) atoms. The molecule has 0 radical (unpaired) electrons. The van der Waals surface area contributed by atoms with E-state index in [1.165, 1.54) is 35.7 Å². The SMILES string of the molecule is COC(=O)c1ccc(CN(C2CCCN(C(=O)Cc3ccncc3)C2)S(=O)(=O)c2ccc(CF)cc2)cc1. The molecule has 2 aromatic carbocycles. The lowest BCUT2D eigenvalue weighted by Crippen LogP contribution is -2.51. The number of piperidine rings is 1. The maximum atomic E-state index is 13.9. The second-order valence-corrected chi connectivity index (χ2v) is 11.1. The van der Waals surface area contributed by atoms with E-state index in [0.29, 0.717) is 36.1 Å². The summed E-state index contributed by atoms with van der Waals surface area (Å²) in [5.74, 6) is -0.558. The normalized spacial score (nSPS) is 15.9. The van der Waals surface area contributed by atoms with Crippen LogP contribution in [-0.2, 0) is 39.2 Å². The Morgan fingerprint density at radius 3 is 2.29 bits per heavy atom. The number of sulfonamides is 1. The number of carbonyl (C=O) groups excluding carboxylic acids is 2. The number of ether oxygens (including phenoxy) is 1. The number of amides is 1. The summed E-state index contributed by atoms with van der Waals surface area (Å²) in [4.78, 5) is 30.6. The van der Waals surface area contributed by atoms with E-state index >= 15 is 0 Å². The predicted molar refractivity (Wildman–Crippen MR) is 139 cm³/mol. The Labute approximate surface area is 222 Å². The Bertz CT molecular complexity index is 1350. The molecule has 8 nitrogen and oxygen atoms in total. The number of hydrogen-bond donors (Lipinski definition) is 0. The molecule has 1 amide bonds. The molecule has 1 aliphatic rings. The largest absolute Gasteiger partial charge is 0.465 e. The number of halogens is 1. The minimum absolute atomic E-state index is 0.0473. The van der Waals surface area contributed by atoms with Crippen LogP contribution < -0.4 is 0 Å². The Morgan fingerprint density at radius 2 is 1.66 bits per heavy atom. The number of likely N-dealkylation sites (tertiary alicyclic amines) is 1. The van der Waals surface area contributed by atoms with Gasteiger partial charge in [0.15, 0.2) is 0 Å². The van der Waals surface area contributed by atoms with Crippen LogP contribution in [0.2, 0.25) is 0 Å². The van der Waals surface area contributed by atoms with Gasteiger partial charge in [0.1, 0.15) is 6.67 Å². The third-order valence-electron chi connectivity index (χ3n) is 6.66. The molecule has 1 aliphatic heterocycles. The quantitative estimate of drug-likeness (QED) is 0.384. The summed E-state index contributed by atoms with van der Waals surface area (Å²) in [5, 5.41) is 0. The van der Waals surface area contributed by atoms with Gasteiger partial charge in [0.2, 0.25) is 15.9 Å². The first-order chi connectivity index (χ1) is 18.3. The zero-order valence-corrected chi connectivity index (χ0v) is 21.9. The van der Waals surface area contributed by atoms with Crippen LogP contribution in [0, 0.1) is 0 Å². The molecule has 2 heterocycles. The molecule has 1 unspecified atom stereocenters. The van der Waals surface area contributed by atoms with Crippen LogP contribution in [0.5, 0.6) is 0 Å². The lowest BCUT2D eigenvalue weighted by Gasteiger charge is -2.39. The van der Waals surface area contributed by atoms with E-state index in [9.17, 15) is 22.4 Å². The highest BCUT2D eigenvalue weighted by molar-refractivity contribution is 7.89. The van der Waals surface area contributed by atoms with E-state index < -0.39 is 28.7 Å². The van der Waals surface area contributed by atoms with Crippen molar-refractivity contribution in [3.8, 4) is 0 Å². The molecule has 0 bridgehead atoms. The van der Waals surface area contributed by atoms with Crippen LogP contribution in [0.25, 0.3) is 0 Å². The minimum atomic E-state index is -3.99. The van der Waals surface area contributed by atoms with E-state index in [0.717, 1.165) is 5.56 Å². The monoisotopic (exact) mass is 539 g/mol. The first kappa shape index (κ1) is 27.4. The van der Waals surface area contributed by atoms with Crippen molar-refractivity contribution in [2.24, 2.45) is 0 Å². The number of rotatable bonds is 9. The molecule has 1 aromatic heterocycles. The van der Waals surface area contributed by atoms with Crippen molar-refractivity contribution >= 4 is 21.9 Å². The van der Waals surface area contributed by atoms with Crippen LogP contribution in [0.1, 0.15) is 39.9 Å². The van der Waals surface area contributed by atoms with E-state index in [2.05, 4.69) is 4.98 Å². The van der Waals surface area contributed by atoms with Crippen molar-refractivity contribution in [1.82, 2.24) is 14.2 Å². The van der Waals surface area contributed by atoms with Gasteiger partial charge in [0.25, 0.3) is 0 Å². The fourth-order valence-electron chi connectivity index (χ4n) is 4.54. The van der Waals surface area contributed by atoms with Crippen molar-refractivity contribution in [3.63, 3.8) is 0 Å². The summed E-state index contributed by atoms with van der Waals surface area (Å²) in [7, 11) is -2.69. The molecule has 1 atom stereocenters. The lowest BCUT2D eigenvalue weighted by molar-refractivity contribution is -0.132. The number of pyridine rings is 1. The standard InChI is InChI=1S/C28H30FN3O5S/c1-37-28(34)24-8-4-23(5-9-24)19-32(38(35,36)26-10-6-22(18-29)7-11-26)25-3-2-16-31(20-25)27(33)17-21-12-14-30-15-13-21/h4-15,25H,2-3,16-20H2,1H3. The van der Waals surface area contributed by atoms with E-state index in [1.807, 2.05) is 0 Å². The van der Waals surface area contributed by atoms with E-state index in [-0.39, 0.29) is 30.3 Å². The molecule has 1 fully saturated rings. The summed E-state index contributed by atoms with van der Waals surface area (Å²) in [6, 6.07) is 15.4. The number of nitrogens with zero attached hydrogens (tertiary/aromatic N) is 3. The molecule has 3 aromatic rings. The maximum Gasteiger partial charge on any atom is 0.337 e. The molecule has 4 rings (SSSR count). The van der Waals surface area contributed by atoms with E-state index in [1.54, 1.807) is 53.7 Å². The van der Waals surface area contributed by atoms with Crippen LogP contribution in [-0.4, -0.2) is 60.7 Å². The molecule has 10 heteroatoms. The second-order valence-electron chi connectivity index (χ2n) is 9.18. The van der Waals surface area contributed by atoms with Crippen LogP contribution in [0.3, 0.4) is 0 Å². The van der Waals surface area contributed by atoms with Gasteiger partial charge in [-0.25, -0.2) is 17.6 Å². The highest BCUT2D eigenvalue weighted by Crippen LogP contribution is 2.27. The molecule has 0 spiro atoms. The Morgan fingerprint density at radius 1 is 1.00 bits per heavy atom. The molecular formula is C28H30FN3O5S. The van der Waals surface area contributed by atoms with Gasteiger partial charge in [-0.1, -0.05) is 24.3 Å². The molecule has 1 saturated heterocycles. The van der Waals surface area contributed by atoms with Gasteiger partial charge in [-0.2, -0.15) is 4.31 Å². The third kappa shape index (κ3) is 6.43. The highest BCUT2D eigenvalue weighted by Gasteiger charge is 2.35. The van der Waals surface area contributed by atoms with Gasteiger partial charge < -0.3 is 9.64 Å². The number of esters is 1. The smallest absolute Gasteiger partial charge is 0.337 e. The molecule has 0 aliphatic carbocycles. The predicted octanol–water partition coefficient (Wildman–Crippen LogP) is 3.76. The van der Waals surface area contributed by atoms with Gasteiger partial charge in [-0.15, -0.1) is 0 Å². The number of benzene rings is 2. The van der Waals surface area contributed by atoms with Gasteiger partial charge >= 0.3 is 5.97 Å². The van der Waals surface area contributed by atoms with Crippen molar-refractivity contribution in [1.29, 1.82) is 0 Å². The Hall–Kier alpha value is -3.63. The average Bonchev–Trinajstić information content (AvgIpc) is 2.96. The average molecular weight is 540 g/mol. The maximum absolute atomic E-state index is 13.9. The molecule has 0 saturated carbocycles. The summed E-state index contributed by atoms with van der Waals surface area (Å²) >= 11 is 0. The van der Waals surface area contributed by atoms with E-state index in [4.69, 9.17) is 4.74 Å². The third-order valence-corrected chi connectivity index (χ3v) is 8.57. The van der Waals surface area contributed by atoms with Gasteiger partial charge in [-0.3, -0.25) is 9.78 Å². The summed E-state index contributed by atoms with van der Waals surface area (Å²) in [6.07, 6.45) is 4.72.